The number of hydrogen-bond acceptors (Lipinski definition) is 2. The molecular formula is C11H16F2N2. The van der Waals surface area contributed by atoms with Gasteiger partial charge < -0.3 is 11.5 Å². The minimum absolute atomic E-state index is 0.174. The molecule has 2 nitrogen and oxygen atoms in total. The zero-order valence-corrected chi connectivity index (χ0v) is 8.55. The number of halogens is 2. The molecule has 0 saturated heterocycles. The van der Waals surface area contributed by atoms with Crippen LogP contribution in [0.15, 0.2) is 18.2 Å². The Bertz CT molecular complexity index is 311. The summed E-state index contributed by atoms with van der Waals surface area (Å²) in [5.41, 5.74) is 11.3. The second kappa shape index (κ2) is 5.78. The predicted molar refractivity (Wildman–Crippen MR) is 56.3 cm³/mol. The average molecular weight is 214 g/mol. The van der Waals surface area contributed by atoms with Crippen LogP contribution in [0.3, 0.4) is 0 Å². The van der Waals surface area contributed by atoms with Crippen LogP contribution in [0.1, 0.15) is 12.0 Å². The van der Waals surface area contributed by atoms with Gasteiger partial charge in [-0.05, 0) is 55.6 Å². The highest BCUT2D eigenvalue weighted by Crippen LogP contribution is 2.14. The Hall–Kier alpha value is -1.00. The molecule has 0 radical (unpaired) electrons. The van der Waals surface area contributed by atoms with Gasteiger partial charge in [-0.1, -0.05) is 0 Å². The second-order valence-electron chi connectivity index (χ2n) is 3.61. The van der Waals surface area contributed by atoms with Crippen molar-refractivity contribution in [3.63, 3.8) is 0 Å². The highest BCUT2D eigenvalue weighted by molar-refractivity contribution is 5.18. The van der Waals surface area contributed by atoms with Gasteiger partial charge in [0.1, 0.15) is 11.6 Å². The minimum Gasteiger partial charge on any atom is -0.330 e. The lowest BCUT2D eigenvalue weighted by Gasteiger charge is -2.11. The normalized spacial score (nSPS) is 11.0. The van der Waals surface area contributed by atoms with Gasteiger partial charge >= 0.3 is 0 Å². The summed E-state index contributed by atoms with van der Waals surface area (Å²) in [5, 5.41) is 0. The molecule has 1 rings (SSSR count). The fourth-order valence-electron chi connectivity index (χ4n) is 1.43. The molecule has 0 heterocycles. The summed E-state index contributed by atoms with van der Waals surface area (Å²) in [7, 11) is 0. The quantitative estimate of drug-likeness (QED) is 0.779. The molecule has 0 atom stereocenters. The van der Waals surface area contributed by atoms with Crippen LogP contribution in [-0.4, -0.2) is 13.1 Å². The SMILES string of the molecule is NCC(CN)CCc1cc(F)ccc1F. The van der Waals surface area contributed by atoms with Crippen LogP contribution in [0.2, 0.25) is 0 Å². The molecule has 1 aromatic carbocycles. The number of aryl methyl sites for hydroxylation is 1. The van der Waals surface area contributed by atoms with Crippen LogP contribution in [0, 0.1) is 17.6 Å². The Morgan fingerprint density at radius 2 is 1.80 bits per heavy atom. The van der Waals surface area contributed by atoms with Crippen molar-refractivity contribution in [3.8, 4) is 0 Å². The van der Waals surface area contributed by atoms with E-state index in [4.69, 9.17) is 11.5 Å². The van der Waals surface area contributed by atoms with Crippen molar-refractivity contribution >= 4 is 0 Å². The van der Waals surface area contributed by atoms with Crippen LogP contribution in [-0.2, 0) is 6.42 Å². The maximum absolute atomic E-state index is 13.2. The molecule has 4 heteroatoms. The largest absolute Gasteiger partial charge is 0.330 e. The van der Waals surface area contributed by atoms with Crippen molar-refractivity contribution in [2.45, 2.75) is 12.8 Å². The smallest absolute Gasteiger partial charge is 0.126 e. The van der Waals surface area contributed by atoms with Crippen LogP contribution < -0.4 is 11.5 Å². The van der Waals surface area contributed by atoms with Gasteiger partial charge in [0, 0.05) is 0 Å². The molecule has 0 aliphatic rings. The van der Waals surface area contributed by atoms with Crippen LogP contribution >= 0.6 is 0 Å². The van der Waals surface area contributed by atoms with Crippen molar-refractivity contribution in [2.24, 2.45) is 17.4 Å². The molecule has 0 amide bonds. The van der Waals surface area contributed by atoms with E-state index in [9.17, 15) is 8.78 Å². The fraction of sp³-hybridized carbons (Fsp3) is 0.455. The Morgan fingerprint density at radius 1 is 1.13 bits per heavy atom. The zero-order valence-electron chi connectivity index (χ0n) is 8.55. The summed E-state index contributed by atoms with van der Waals surface area (Å²) >= 11 is 0. The van der Waals surface area contributed by atoms with E-state index in [1.54, 1.807) is 0 Å². The van der Waals surface area contributed by atoms with Crippen LogP contribution in [0.4, 0.5) is 8.78 Å². The fourth-order valence-corrected chi connectivity index (χ4v) is 1.43. The number of hydrogen-bond donors (Lipinski definition) is 2. The van der Waals surface area contributed by atoms with Crippen molar-refractivity contribution in [2.75, 3.05) is 13.1 Å². The summed E-state index contributed by atoms with van der Waals surface area (Å²) in [6, 6.07) is 3.48. The molecular weight excluding hydrogens is 198 g/mol. The third-order valence-electron chi connectivity index (χ3n) is 2.50. The van der Waals surface area contributed by atoms with E-state index in [0.717, 1.165) is 12.1 Å². The summed E-state index contributed by atoms with van der Waals surface area (Å²) in [5.74, 6) is -0.611. The second-order valence-corrected chi connectivity index (χ2v) is 3.61. The maximum atomic E-state index is 13.2. The molecule has 0 fully saturated rings. The zero-order chi connectivity index (χ0) is 11.3. The molecule has 0 aliphatic heterocycles. The van der Waals surface area contributed by atoms with Gasteiger partial charge in [0.15, 0.2) is 0 Å². The van der Waals surface area contributed by atoms with E-state index in [-0.39, 0.29) is 11.7 Å². The van der Waals surface area contributed by atoms with Crippen LogP contribution in [0.25, 0.3) is 0 Å². The molecule has 0 aromatic heterocycles. The standard InChI is InChI=1S/C11H16F2N2/c12-10-3-4-11(13)9(5-10)2-1-8(6-14)7-15/h3-5,8H,1-2,6-7,14-15H2. The van der Waals surface area contributed by atoms with Crippen molar-refractivity contribution in [1.82, 2.24) is 0 Å². The first kappa shape index (κ1) is 12.1. The molecule has 15 heavy (non-hydrogen) atoms. The van der Waals surface area contributed by atoms with Gasteiger partial charge in [-0.15, -0.1) is 0 Å². The molecule has 0 bridgehead atoms. The van der Waals surface area contributed by atoms with Gasteiger partial charge in [-0.2, -0.15) is 0 Å². The number of rotatable bonds is 5. The maximum Gasteiger partial charge on any atom is 0.126 e. The van der Waals surface area contributed by atoms with E-state index in [2.05, 4.69) is 0 Å². The summed E-state index contributed by atoms with van der Waals surface area (Å²) in [6.07, 6.45) is 1.16. The number of benzene rings is 1. The van der Waals surface area contributed by atoms with Crippen molar-refractivity contribution < 1.29 is 8.78 Å². The van der Waals surface area contributed by atoms with E-state index in [0.29, 0.717) is 31.5 Å². The molecule has 0 saturated carbocycles. The lowest BCUT2D eigenvalue weighted by molar-refractivity contribution is 0.496. The molecule has 0 spiro atoms. The molecule has 0 aliphatic carbocycles. The summed E-state index contributed by atoms with van der Waals surface area (Å²) in [4.78, 5) is 0. The van der Waals surface area contributed by atoms with Gasteiger partial charge in [0.05, 0.1) is 0 Å². The molecule has 4 N–H and O–H groups in total. The summed E-state index contributed by atoms with van der Waals surface area (Å²) < 4.78 is 26.0. The van der Waals surface area contributed by atoms with Gasteiger partial charge in [-0.3, -0.25) is 0 Å². The van der Waals surface area contributed by atoms with E-state index in [1.807, 2.05) is 0 Å². The number of nitrogens with two attached hydrogens (primary N) is 2. The highest BCUT2D eigenvalue weighted by Gasteiger charge is 2.08. The Balaban J connectivity index is 2.60. The minimum atomic E-state index is -0.413. The highest BCUT2D eigenvalue weighted by atomic mass is 19.1. The Labute approximate surface area is 88.3 Å². The molecule has 1 aromatic rings. The topological polar surface area (TPSA) is 52.0 Å². The Kier molecular flexibility index (Phi) is 4.65. The van der Waals surface area contributed by atoms with E-state index < -0.39 is 5.82 Å². The lowest BCUT2D eigenvalue weighted by atomic mass is 9.99. The molecule has 0 unspecified atom stereocenters. The van der Waals surface area contributed by atoms with Crippen LogP contribution in [0.5, 0.6) is 0 Å². The van der Waals surface area contributed by atoms with Crippen molar-refractivity contribution in [1.29, 1.82) is 0 Å². The summed E-state index contributed by atoms with van der Waals surface area (Å²) in [6.45, 7) is 0.959. The molecule has 84 valence electrons. The average Bonchev–Trinajstić information content (AvgIpc) is 2.24. The first-order valence-electron chi connectivity index (χ1n) is 5.01. The monoisotopic (exact) mass is 214 g/mol. The van der Waals surface area contributed by atoms with E-state index in [1.165, 1.54) is 6.07 Å². The third kappa shape index (κ3) is 3.57. The lowest BCUT2D eigenvalue weighted by Crippen LogP contribution is -2.23. The van der Waals surface area contributed by atoms with Gasteiger partial charge in [0.2, 0.25) is 0 Å². The first-order chi connectivity index (χ1) is 7.17. The van der Waals surface area contributed by atoms with Gasteiger partial charge in [0.25, 0.3) is 0 Å². The predicted octanol–water partition coefficient (Wildman–Crippen LogP) is 1.43. The van der Waals surface area contributed by atoms with Gasteiger partial charge in [-0.25, -0.2) is 8.78 Å². The Morgan fingerprint density at radius 3 is 2.40 bits per heavy atom. The third-order valence-corrected chi connectivity index (χ3v) is 2.50. The van der Waals surface area contributed by atoms with Crippen molar-refractivity contribution in [3.05, 3.63) is 35.4 Å². The van der Waals surface area contributed by atoms with E-state index >= 15 is 0 Å². The first-order valence-corrected chi connectivity index (χ1v) is 5.01.